The van der Waals surface area contributed by atoms with Gasteiger partial charge in [0.05, 0.1) is 5.75 Å². The molecule has 0 spiro atoms. The van der Waals surface area contributed by atoms with Gasteiger partial charge in [0.25, 0.3) is 5.91 Å². The third kappa shape index (κ3) is 4.76. The number of nitrogens with zero attached hydrogens (tertiary/aromatic N) is 2. The summed E-state index contributed by atoms with van der Waals surface area (Å²) < 4.78 is 26.8. The highest BCUT2D eigenvalue weighted by atomic mass is 35.5. The highest BCUT2D eigenvalue weighted by Gasteiger charge is 2.30. The maximum atomic E-state index is 13.0. The summed E-state index contributed by atoms with van der Waals surface area (Å²) in [5.41, 5.74) is 0.518. The van der Waals surface area contributed by atoms with E-state index in [1.54, 1.807) is 29.2 Å². The molecule has 1 aliphatic carbocycles. The van der Waals surface area contributed by atoms with Gasteiger partial charge in [-0.3, -0.25) is 4.79 Å². The molecule has 0 atom stereocenters. The van der Waals surface area contributed by atoms with E-state index in [1.165, 1.54) is 4.31 Å². The minimum Gasteiger partial charge on any atom is -0.335 e. The van der Waals surface area contributed by atoms with Crippen LogP contribution in [0.4, 0.5) is 0 Å². The monoisotopic (exact) mass is 399 g/mol. The van der Waals surface area contributed by atoms with Crippen molar-refractivity contribution in [1.29, 1.82) is 0 Å². The van der Waals surface area contributed by atoms with Crippen LogP contribution in [0.25, 0.3) is 0 Å². The minimum absolute atomic E-state index is 0.0319. The van der Waals surface area contributed by atoms with E-state index < -0.39 is 10.0 Å². The van der Waals surface area contributed by atoms with E-state index in [2.05, 4.69) is 5.32 Å². The van der Waals surface area contributed by atoms with Gasteiger partial charge in [0.1, 0.15) is 0 Å². The summed E-state index contributed by atoms with van der Waals surface area (Å²) in [7, 11) is -3.36. The fourth-order valence-corrected chi connectivity index (χ4v) is 5.33. The molecule has 1 saturated carbocycles. The van der Waals surface area contributed by atoms with Crippen molar-refractivity contribution >= 4 is 27.5 Å². The standard InChI is InChI=1S/C18H26ClN3O3S/c19-16-5-3-4-15(14-16)18(23)22(17-6-1-2-7-17)12-13-26(24,25)21-10-8-20-9-11-21/h3-5,14,17,20H,1-2,6-13H2. The molecule has 3 rings (SSSR count). The van der Waals surface area contributed by atoms with Gasteiger partial charge in [0, 0.05) is 49.4 Å². The third-order valence-corrected chi connectivity index (χ3v) is 7.24. The van der Waals surface area contributed by atoms with Crippen LogP contribution in [0.5, 0.6) is 0 Å². The molecule has 0 aromatic heterocycles. The summed E-state index contributed by atoms with van der Waals surface area (Å²) in [6, 6.07) is 6.98. The maximum Gasteiger partial charge on any atom is 0.254 e. The Labute approximate surface area is 160 Å². The first-order valence-corrected chi connectivity index (χ1v) is 11.2. The second-order valence-electron chi connectivity index (χ2n) is 6.91. The second-order valence-corrected chi connectivity index (χ2v) is 9.44. The van der Waals surface area contributed by atoms with Crippen molar-refractivity contribution in [2.24, 2.45) is 0 Å². The molecule has 0 radical (unpaired) electrons. The molecule has 0 bridgehead atoms. The van der Waals surface area contributed by atoms with Gasteiger partial charge < -0.3 is 10.2 Å². The summed E-state index contributed by atoms with van der Waals surface area (Å²) in [6.45, 7) is 2.56. The predicted octanol–water partition coefficient (Wildman–Crippen LogP) is 1.96. The van der Waals surface area contributed by atoms with E-state index in [0.29, 0.717) is 36.8 Å². The Hall–Kier alpha value is -1.15. The Bertz CT molecular complexity index is 729. The molecule has 6 nitrogen and oxygen atoms in total. The fraction of sp³-hybridized carbons (Fsp3) is 0.611. The van der Waals surface area contributed by atoms with Gasteiger partial charge in [-0.2, -0.15) is 4.31 Å². The second kappa shape index (κ2) is 8.69. The van der Waals surface area contributed by atoms with E-state index in [0.717, 1.165) is 25.7 Å². The van der Waals surface area contributed by atoms with Crippen LogP contribution in [0.3, 0.4) is 0 Å². The Balaban J connectivity index is 1.73. The van der Waals surface area contributed by atoms with Crippen LogP contribution in [-0.4, -0.2) is 68.0 Å². The van der Waals surface area contributed by atoms with Crippen molar-refractivity contribution < 1.29 is 13.2 Å². The van der Waals surface area contributed by atoms with Gasteiger partial charge in [-0.05, 0) is 31.0 Å². The van der Waals surface area contributed by atoms with Crippen molar-refractivity contribution in [3.05, 3.63) is 34.9 Å². The average molecular weight is 400 g/mol. The predicted molar refractivity (Wildman–Crippen MR) is 103 cm³/mol. The van der Waals surface area contributed by atoms with E-state index >= 15 is 0 Å². The van der Waals surface area contributed by atoms with Crippen LogP contribution in [0.1, 0.15) is 36.0 Å². The number of hydrogen-bond acceptors (Lipinski definition) is 4. The first kappa shape index (κ1) is 19.6. The van der Waals surface area contributed by atoms with Crippen LogP contribution in [-0.2, 0) is 10.0 Å². The topological polar surface area (TPSA) is 69.7 Å². The summed E-state index contributed by atoms with van der Waals surface area (Å²) in [4.78, 5) is 14.8. The smallest absolute Gasteiger partial charge is 0.254 e. The van der Waals surface area contributed by atoms with Crippen molar-refractivity contribution in [3.63, 3.8) is 0 Å². The maximum absolute atomic E-state index is 13.0. The summed E-state index contributed by atoms with van der Waals surface area (Å²) in [5, 5.41) is 3.67. The number of nitrogens with one attached hydrogen (secondary N) is 1. The Morgan fingerprint density at radius 2 is 1.92 bits per heavy atom. The number of benzene rings is 1. The van der Waals surface area contributed by atoms with Gasteiger partial charge in [0.15, 0.2) is 0 Å². The number of carbonyl (C=O) groups excluding carboxylic acids is 1. The van der Waals surface area contributed by atoms with Crippen LogP contribution in [0, 0.1) is 0 Å². The first-order chi connectivity index (χ1) is 12.5. The van der Waals surface area contributed by atoms with E-state index in [1.807, 2.05) is 0 Å². The molecule has 1 saturated heterocycles. The van der Waals surface area contributed by atoms with Gasteiger partial charge in [0.2, 0.25) is 10.0 Å². The Kier molecular flexibility index (Phi) is 6.55. The quantitative estimate of drug-likeness (QED) is 0.793. The van der Waals surface area contributed by atoms with Crippen LogP contribution < -0.4 is 5.32 Å². The van der Waals surface area contributed by atoms with Crippen LogP contribution in [0.2, 0.25) is 5.02 Å². The van der Waals surface area contributed by atoms with Crippen LogP contribution in [0.15, 0.2) is 24.3 Å². The molecule has 1 aromatic carbocycles. The number of carbonyl (C=O) groups is 1. The molecule has 2 aliphatic rings. The van der Waals surface area contributed by atoms with E-state index in [9.17, 15) is 13.2 Å². The van der Waals surface area contributed by atoms with Gasteiger partial charge in [-0.1, -0.05) is 30.5 Å². The van der Waals surface area contributed by atoms with Crippen molar-refractivity contribution in [2.45, 2.75) is 31.7 Å². The molecule has 2 fully saturated rings. The number of halogens is 1. The number of piperazine rings is 1. The lowest BCUT2D eigenvalue weighted by Crippen LogP contribution is -2.49. The van der Waals surface area contributed by atoms with Crippen molar-refractivity contribution in [3.8, 4) is 0 Å². The van der Waals surface area contributed by atoms with Gasteiger partial charge in [-0.25, -0.2) is 8.42 Å². The number of amides is 1. The lowest BCUT2D eigenvalue weighted by atomic mass is 10.1. The van der Waals surface area contributed by atoms with Crippen LogP contribution >= 0.6 is 11.6 Å². The first-order valence-electron chi connectivity index (χ1n) is 9.22. The summed E-state index contributed by atoms with van der Waals surface area (Å²) in [5.74, 6) is -0.162. The minimum atomic E-state index is -3.36. The lowest BCUT2D eigenvalue weighted by Gasteiger charge is -2.31. The summed E-state index contributed by atoms with van der Waals surface area (Å²) >= 11 is 6.03. The fourth-order valence-electron chi connectivity index (χ4n) is 3.72. The zero-order valence-electron chi connectivity index (χ0n) is 14.9. The molecule has 1 N–H and O–H groups in total. The number of sulfonamides is 1. The molecular weight excluding hydrogens is 374 g/mol. The Morgan fingerprint density at radius 3 is 2.58 bits per heavy atom. The van der Waals surface area contributed by atoms with Crippen molar-refractivity contribution in [1.82, 2.24) is 14.5 Å². The molecule has 0 unspecified atom stereocenters. The lowest BCUT2D eigenvalue weighted by molar-refractivity contribution is 0.0694. The SMILES string of the molecule is O=C(c1cccc(Cl)c1)N(CCS(=O)(=O)N1CCNCC1)C1CCCC1. The summed E-state index contributed by atoms with van der Waals surface area (Å²) in [6.07, 6.45) is 4.02. The number of rotatable bonds is 6. The highest BCUT2D eigenvalue weighted by molar-refractivity contribution is 7.89. The largest absolute Gasteiger partial charge is 0.335 e. The molecule has 144 valence electrons. The zero-order valence-corrected chi connectivity index (χ0v) is 16.4. The number of hydrogen-bond donors (Lipinski definition) is 1. The van der Waals surface area contributed by atoms with E-state index in [4.69, 9.17) is 11.6 Å². The third-order valence-electron chi connectivity index (χ3n) is 5.16. The molecule has 26 heavy (non-hydrogen) atoms. The Morgan fingerprint density at radius 1 is 1.23 bits per heavy atom. The molecule has 1 amide bonds. The highest BCUT2D eigenvalue weighted by Crippen LogP contribution is 2.25. The molecule has 1 aromatic rings. The zero-order chi connectivity index (χ0) is 18.6. The molecular formula is C18H26ClN3O3S. The molecule has 1 heterocycles. The van der Waals surface area contributed by atoms with E-state index in [-0.39, 0.29) is 24.2 Å². The van der Waals surface area contributed by atoms with Crippen molar-refractivity contribution in [2.75, 3.05) is 38.5 Å². The molecule has 8 heteroatoms. The normalized spacial score (nSPS) is 19.6. The van der Waals surface area contributed by atoms with Gasteiger partial charge >= 0.3 is 0 Å². The molecule has 1 aliphatic heterocycles. The average Bonchev–Trinajstić information content (AvgIpc) is 3.17. The van der Waals surface area contributed by atoms with Gasteiger partial charge in [-0.15, -0.1) is 0 Å².